The molecule has 5 nitrogen and oxygen atoms in total. The number of furan rings is 1. The molecule has 0 aliphatic heterocycles. The van der Waals surface area contributed by atoms with Crippen molar-refractivity contribution in [1.82, 2.24) is 9.78 Å². The van der Waals surface area contributed by atoms with Crippen molar-refractivity contribution in [1.29, 1.82) is 0 Å². The number of aryl methyl sites for hydroxylation is 3. The second-order valence-electron chi connectivity index (χ2n) is 4.63. The van der Waals surface area contributed by atoms with Crippen LogP contribution in [0.1, 0.15) is 22.6 Å². The molecule has 0 spiro atoms. The van der Waals surface area contributed by atoms with E-state index >= 15 is 0 Å². The van der Waals surface area contributed by atoms with Crippen molar-refractivity contribution < 1.29 is 4.42 Å². The van der Waals surface area contributed by atoms with Crippen LogP contribution >= 0.6 is 12.2 Å². The van der Waals surface area contributed by atoms with Crippen LogP contribution in [0.4, 0.5) is 5.82 Å². The first-order valence-corrected chi connectivity index (χ1v) is 6.40. The van der Waals surface area contributed by atoms with Crippen molar-refractivity contribution in [3.63, 3.8) is 0 Å². The van der Waals surface area contributed by atoms with Crippen LogP contribution in [-0.4, -0.2) is 21.8 Å². The first-order valence-electron chi connectivity index (χ1n) is 5.99. The SMILES string of the molecule is Cc1nn(C)c(N(C)Cc2ccoc2C)c1C(N)=S. The monoisotopic (exact) mass is 278 g/mol. The lowest BCUT2D eigenvalue weighted by molar-refractivity contribution is 0.529. The van der Waals surface area contributed by atoms with Crippen LogP contribution in [0.5, 0.6) is 0 Å². The zero-order valence-electron chi connectivity index (χ0n) is 11.6. The molecular formula is C13H18N4OS. The standard InChI is InChI=1S/C13H18N4OS/c1-8-11(12(14)19)13(17(4)15-8)16(3)7-10-5-6-18-9(10)2/h5-6H,7H2,1-4H3,(H2,14,19). The van der Waals surface area contributed by atoms with Crippen LogP contribution in [0.3, 0.4) is 0 Å². The summed E-state index contributed by atoms with van der Waals surface area (Å²) in [5.41, 5.74) is 8.62. The average Bonchev–Trinajstić information content (AvgIpc) is 2.82. The number of thiocarbonyl (C=S) groups is 1. The molecule has 0 aromatic carbocycles. The lowest BCUT2D eigenvalue weighted by Crippen LogP contribution is -2.23. The van der Waals surface area contributed by atoms with E-state index in [-0.39, 0.29) is 0 Å². The molecule has 0 aliphatic rings. The molecule has 19 heavy (non-hydrogen) atoms. The fraction of sp³-hybridized carbons (Fsp3) is 0.385. The number of aromatic nitrogens is 2. The second-order valence-corrected chi connectivity index (χ2v) is 5.07. The number of rotatable bonds is 4. The maximum atomic E-state index is 5.80. The molecule has 2 N–H and O–H groups in total. The highest BCUT2D eigenvalue weighted by Crippen LogP contribution is 2.24. The zero-order chi connectivity index (χ0) is 14.2. The Morgan fingerprint density at radius 1 is 1.53 bits per heavy atom. The molecule has 2 aromatic heterocycles. The van der Waals surface area contributed by atoms with Crippen LogP contribution in [-0.2, 0) is 13.6 Å². The van der Waals surface area contributed by atoms with Gasteiger partial charge in [0, 0.05) is 26.2 Å². The fourth-order valence-electron chi connectivity index (χ4n) is 2.28. The van der Waals surface area contributed by atoms with Crippen molar-refractivity contribution >= 4 is 23.0 Å². The van der Waals surface area contributed by atoms with Gasteiger partial charge >= 0.3 is 0 Å². The molecule has 0 bridgehead atoms. The molecule has 0 saturated carbocycles. The minimum Gasteiger partial charge on any atom is -0.469 e. The second kappa shape index (κ2) is 5.05. The third-order valence-electron chi connectivity index (χ3n) is 3.17. The van der Waals surface area contributed by atoms with E-state index < -0.39 is 0 Å². The molecule has 0 unspecified atom stereocenters. The van der Waals surface area contributed by atoms with Crippen LogP contribution in [0.25, 0.3) is 0 Å². The van der Waals surface area contributed by atoms with Crippen LogP contribution in [0.15, 0.2) is 16.7 Å². The summed E-state index contributed by atoms with van der Waals surface area (Å²) in [5.74, 6) is 1.84. The van der Waals surface area contributed by atoms with Gasteiger partial charge in [-0.15, -0.1) is 0 Å². The van der Waals surface area contributed by atoms with Gasteiger partial charge in [-0.3, -0.25) is 4.68 Å². The Morgan fingerprint density at radius 2 is 2.21 bits per heavy atom. The van der Waals surface area contributed by atoms with E-state index in [1.807, 2.05) is 34.0 Å². The Morgan fingerprint density at radius 3 is 2.74 bits per heavy atom. The van der Waals surface area contributed by atoms with Gasteiger partial charge in [0.15, 0.2) is 0 Å². The summed E-state index contributed by atoms with van der Waals surface area (Å²) in [6.45, 7) is 4.58. The van der Waals surface area contributed by atoms with E-state index in [2.05, 4.69) is 10.00 Å². The number of nitrogens with two attached hydrogens (primary N) is 1. The summed E-state index contributed by atoms with van der Waals surface area (Å²) in [6, 6.07) is 1.97. The van der Waals surface area contributed by atoms with Gasteiger partial charge in [0.05, 0.1) is 17.5 Å². The topological polar surface area (TPSA) is 60.2 Å². The Balaban J connectivity index is 2.36. The summed E-state index contributed by atoms with van der Waals surface area (Å²) >= 11 is 5.12. The first-order chi connectivity index (χ1) is 8.91. The molecule has 6 heteroatoms. The Kier molecular flexibility index (Phi) is 3.61. The van der Waals surface area contributed by atoms with Gasteiger partial charge in [-0.05, 0) is 19.9 Å². The van der Waals surface area contributed by atoms with E-state index in [0.29, 0.717) is 4.99 Å². The highest BCUT2D eigenvalue weighted by Gasteiger charge is 2.19. The Labute approximate surface area is 118 Å². The number of hydrogen-bond donors (Lipinski definition) is 1. The number of anilines is 1. The van der Waals surface area contributed by atoms with Crippen LogP contribution in [0.2, 0.25) is 0 Å². The fourth-order valence-corrected chi connectivity index (χ4v) is 2.52. The number of nitrogens with zero attached hydrogens (tertiary/aromatic N) is 3. The lowest BCUT2D eigenvalue weighted by atomic mass is 10.2. The largest absolute Gasteiger partial charge is 0.469 e. The van der Waals surface area contributed by atoms with Crippen molar-refractivity contribution in [3.05, 3.63) is 34.9 Å². The van der Waals surface area contributed by atoms with E-state index in [4.69, 9.17) is 22.4 Å². The maximum Gasteiger partial charge on any atom is 0.137 e. The average molecular weight is 278 g/mol. The third kappa shape index (κ3) is 2.49. The van der Waals surface area contributed by atoms with Crippen molar-refractivity contribution in [2.24, 2.45) is 12.8 Å². The van der Waals surface area contributed by atoms with Gasteiger partial charge in [-0.2, -0.15) is 5.10 Å². The summed E-state index contributed by atoms with van der Waals surface area (Å²) in [7, 11) is 3.88. The first kappa shape index (κ1) is 13.6. The summed E-state index contributed by atoms with van der Waals surface area (Å²) in [4.78, 5) is 2.45. The van der Waals surface area contributed by atoms with E-state index in [0.717, 1.165) is 34.9 Å². The molecule has 0 fully saturated rings. The van der Waals surface area contributed by atoms with Crippen molar-refractivity contribution in [2.45, 2.75) is 20.4 Å². The molecule has 2 rings (SSSR count). The molecule has 0 radical (unpaired) electrons. The predicted octanol–water partition coefficient (Wildman–Crippen LogP) is 1.90. The third-order valence-corrected chi connectivity index (χ3v) is 3.38. The van der Waals surface area contributed by atoms with Crippen molar-refractivity contribution in [3.8, 4) is 0 Å². The smallest absolute Gasteiger partial charge is 0.137 e. The van der Waals surface area contributed by atoms with Gasteiger partial charge in [0.25, 0.3) is 0 Å². The molecule has 2 aromatic rings. The summed E-state index contributed by atoms with van der Waals surface area (Å²) in [6.07, 6.45) is 1.70. The van der Waals surface area contributed by atoms with Gasteiger partial charge in [0.2, 0.25) is 0 Å². The van der Waals surface area contributed by atoms with Crippen LogP contribution < -0.4 is 10.6 Å². The van der Waals surface area contributed by atoms with Crippen LogP contribution in [0, 0.1) is 13.8 Å². The summed E-state index contributed by atoms with van der Waals surface area (Å²) < 4.78 is 7.12. The highest BCUT2D eigenvalue weighted by molar-refractivity contribution is 7.80. The predicted molar refractivity (Wildman–Crippen MR) is 79.4 cm³/mol. The summed E-state index contributed by atoms with van der Waals surface area (Å²) in [5, 5.41) is 4.39. The number of hydrogen-bond acceptors (Lipinski definition) is 4. The van der Waals surface area contributed by atoms with E-state index in [1.165, 1.54) is 0 Å². The minimum absolute atomic E-state index is 0.372. The lowest BCUT2D eigenvalue weighted by Gasteiger charge is -2.20. The molecule has 0 amide bonds. The molecule has 0 aliphatic carbocycles. The Bertz CT molecular complexity index is 614. The quantitative estimate of drug-likeness (QED) is 0.866. The maximum absolute atomic E-state index is 5.80. The normalized spacial score (nSPS) is 10.7. The highest BCUT2D eigenvalue weighted by atomic mass is 32.1. The molecule has 102 valence electrons. The molecule has 2 heterocycles. The van der Waals surface area contributed by atoms with Gasteiger partial charge in [-0.1, -0.05) is 12.2 Å². The van der Waals surface area contributed by atoms with Crippen molar-refractivity contribution in [2.75, 3.05) is 11.9 Å². The molecular weight excluding hydrogens is 260 g/mol. The van der Waals surface area contributed by atoms with E-state index in [9.17, 15) is 0 Å². The molecule has 0 saturated heterocycles. The molecule has 0 atom stereocenters. The Hall–Kier alpha value is -1.82. The van der Waals surface area contributed by atoms with Gasteiger partial charge in [0.1, 0.15) is 16.6 Å². The van der Waals surface area contributed by atoms with Gasteiger partial charge in [-0.25, -0.2) is 0 Å². The zero-order valence-corrected chi connectivity index (χ0v) is 12.4. The van der Waals surface area contributed by atoms with E-state index in [1.54, 1.807) is 10.9 Å². The van der Waals surface area contributed by atoms with Gasteiger partial charge < -0.3 is 15.1 Å². The minimum atomic E-state index is 0.372.